The number of alkyl halides is 2. The second-order valence-electron chi connectivity index (χ2n) is 8.22. The van der Waals surface area contributed by atoms with Gasteiger partial charge < -0.3 is 0 Å². The molecule has 3 aromatic rings. The molecule has 30 heavy (non-hydrogen) atoms. The summed E-state index contributed by atoms with van der Waals surface area (Å²) >= 11 is 8.04. The number of halogens is 2. The smallest absolute Gasteiger partial charge is 0.235 e. The van der Waals surface area contributed by atoms with Crippen molar-refractivity contribution in [1.82, 2.24) is 4.90 Å². The van der Waals surface area contributed by atoms with Crippen LogP contribution in [0.5, 0.6) is 0 Å². The summed E-state index contributed by atoms with van der Waals surface area (Å²) < 4.78 is -1.45. The van der Waals surface area contributed by atoms with E-state index in [1.54, 1.807) is 0 Å². The lowest BCUT2D eigenvalue weighted by Gasteiger charge is -2.55. The average Bonchev–Trinajstić information content (AvgIpc) is 3.04. The number of carbonyl (C=O) groups excluding carboxylic acids is 2. The van der Waals surface area contributed by atoms with E-state index in [2.05, 4.69) is 56.1 Å². The second-order valence-corrected chi connectivity index (χ2v) is 10.7. The van der Waals surface area contributed by atoms with Crippen molar-refractivity contribution in [3.05, 3.63) is 107 Å². The third-order valence-electron chi connectivity index (χ3n) is 6.86. The van der Waals surface area contributed by atoms with Crippen LogP contribution in [-0.2, 0) is 24.8 Å². The number of likely N-dealkylation sites (tertiary alicyclic amines) is 1. The highest BCUT2D eigenvalue weighted by molar-refractivity contribution is 9.10. The van der Waals surface area contributed by atoms with Crippen LogP contribution in [0.25, 0.3) is 0 Å². The Morgan fingerprint density at radius 3 is 1.40 bits per heavy atom. The number of imide groups is 1. The summed E-state index contributed by atoms with van der Waals surface area (Å²) in [5.74, 6) is -1.23. The zero-order valence-electron chi connectivity index (χ0n) is 15.9. The number of hydrogen-bond donors (Lipinski definition) is 0. The molecular formula is C25H17Br2NO2. The van der Waals surface area contributed by atoms with E-state index in [1.807, 2.05) is 54.6 Å². The Bertz CT molecular complexity index is 1100. The highest BCUT2D eigenvalue weighted by Crippen LogP contribution is 2.70. The maximum atomic E-state index is 13.8. The Morgan fingerprint density at radius 1 is 0.633 bits per heavy atom. The van der Waals surface area contributed by atoms with Gasteiger partial charge in [0.1, 0.15) is 0 Å². The molecule has 1 fully saturated rings. The molecule has 2 atom stereocenters. The molecule has 1 aliphatic heterocycles. The molecule has 7 rings (SSSR count). The fourth-order valence-electron chi connectivity index (χ4n) is 5.65. The summed E-state index contributed by atoms with van der Waals surface area (Å²) in [5, 5.41) is 0. The summed E-state index contributed by atoms with van der Waals surface area (Å²) in [5.41, 5.74) is 5.19. The number of carbonyl (C=O) groups is 2. The maximum absolute atomic E-state index is 13.8. The van der Waals surface area contributed by atoms with Crippen LogP contribution in [0.4, 0.5) is 0 Å². The number of rotatable bonds is 2. The molecule has 3 aliphatic carbocycles. The lowest BCUT2D eigenvalue weighted by molar-refractivity contribution is -0.140. The molecule has 0 unspecified atom stereocenters. The van der Waals surface area contributed by atoms with Crippen LogP contribution < -0.4 is 0 Å². The Hall–Kier alpha value is -2.24. The highest BCUT2D eigenvalue weighted by Gasteiger charge is 2.72. The van der Waals surface area contributed by atoms with Gasteiger partial charge in [-0.3, -0.25) is 14.5 Å². The van der Waals surface area contributed by atoms with Crippen LogP contribution in [-0.4, -0.2) is 16.7 Å². The first-order valence-corrected chi connectivity index (χ1v) is 11.5. The molecule has 2 bridgehead atoms. The van der Waals surface area contributed by atoms with Crippen molar-refractivity contribution in [2.45, 2.75) is 15.2 Å². The number of hydrogen-bond acceptors (Lipinski definition) is 2. The Kier molecular flexibility index (Phi) is 3.79. The minimum atomic E-state index is -0.724. The van der Waals surface area contributed by atoms with Gasteiger partial charge in [-0.25, -0.2) is 0 Å². The Morgan fingerprint density at radius 2 is 1.00 bits per heavy atom. The molecule has 1 saturated heterocycles. The first kappa shape index (κ1) is 18.5. The van der Waals surface area contributed by atoms with Crippen molar-refractivity contribution in [3.63, 3.8) is 0 Å². The third kappa shape index (κ3) is 2.05. The molecule has 2 amide bonds. The minimum Gasteiger partial charge on any atom is -0.277 e. The maximum Gasteiger partial charge on any atom is 0.235 e. The SMILES string of the molecule is O=C1[C@@H]2[C@H](C(=O)N1Cc1ccccc1)C1(Br)c3ccccc3C2(Br)c2ccccc21. The molecule has 0 N–H and O–H groups in total. The van der Waals surface area contributed by atoms with Crippen molar-refractivity contribution < 1.29 is 9.59 Å². The van der Waals surface area contributed by atoms with Gasteiger partial charge >= 0.3 is 0 Å². The molecule has 0 spiro atoms. The largest absolute Gasteiger partial charge is 0.277 e. The van der Waals surface area contributed by atoms with Crippen LogP contribution in [0.15, 0.2) is 78.9 Å². The van der Waals surface area contributed by atoms with Crippen molar-refractivity contribution in [3.8, 4) is 0 Å². The molecule has 5 heteroatoms. The quantitative estimate of drug-likeness (QED) is 0.347. The second kappa shape index (κ2) is 6.14. The van der Waals surface area contributed by atoms with E-state index in [1.165, 1.54) is 4.90 Å². The fraction of sp³-hybridized carbons (Fsp3) is 0.200. The summed E-state index contributed by atoms with van der Waals surface area (Å²) in [6, 6.07) is 26.0. The van der Waals surface area contributed by atoms with Crippen molar-refractivity contribution >= 4 is 43.7 Å². The highest BCUT2D eigenvalue weighted by atomic mass is 79.9. The molecule has 0 aromatic heterocycles. The van der Waals surface area contributed by atoms with Crippen LogP contribution in [0, 0.1) is 11.8 Å². The predicted octanol–water partition coefficient (Wildman–Crippen LogP) is 5.09. The van der Waals surface area contributed by atoms with E-state index >= 15 is 0 Å². The topological polar surface area (TPSA) is 37.4 Å². The molecule has 4 aliphatic rings. The van der Waals surface area contributed by atoms with E-state index in [0.717, 1.165) is 27.8 Å². The van der Waals surface area contributed by atoms with Gasteiger partial charge in [0.05, 0.1) is 27.0 Å². The van der Waals surface area contributed by atoms with E-state index in [4.69, 9.17) is 0 Å². The average molecular weight is 523 g/mol. The van der Waals surface area contributed by atoms with Crippen LogP contribution in [0.1, 0.15) is 27.8 Å². The van der Waals surface area contributed by atoms with E-state index < -0.39 is 20.5 Å². The van der Waals surface area contributed by atoms with Gasteiger partial charge in [0, 0.05) is 0 Å². The van der Waals surface area contributed by atoms with Crippen molar-refractivity contribution in [2.75, 3.05) is 0 Å². The van der Waals surface area contributed by atoms with Gasteiger partial charge in [-0.05, 0) is 27.8 Å². The molecule has 148 valence electrons. The lowest BCUT2D eigenvalue weighted by Crippen LogP contribution is -2.56. The van der Waals surface area contributed by atoms with E-state index in [9.17, 15) is 9.59 Å². The van der Waals surface area contributed by atoms with Crippen molar-refractivity contribution in [2.24, 2.45) is 11.8 Å². The molecule has 3 nitrogen and oxygen atoms in total. The van der Waals surface area contributed by atoms with Crippen LogP contribution in [0.2, 0.25) is 0 Å². The van der Waals surface area contributed by atoms with Gasteiger partial charge in [-0.2, -0.15) is 0 Å². The standard InChI is InChI=1S/C25H17Br2NO2/c26-24-16-10-4-5-11-17(16)25(27,19-13-7-6-12-18(19)24)21-20(24)22(29)28(23(21)30)14-15-8-2-1-3-9-15/h1-13,20-21H,14H2/t20-,21+,24?,25?. The van der Waals surface area contributed by atoms with Crippen molar-refractivity contribution in [1.29, 1.82) is 0 Å². The Labute approximate surface area is 191 Å². The number of nitrogens with zero attached hydrogens (tertiary/aromatic N) is 1. The van der Waals surface area contributed by atoms with Gasteiger partial charge in [-0.1, -0.05) is 111 Å². The number of benzene rings is 3. The fourth-order valence-corrected chi connectivity index (χ4v) is 7.95. The van der Waals surface area contributed by atoms with Gasteiger partial charge in [0.15, 0.2) is 0 Å². The first-order chi connectivity index (χ1) is 14.5. The predicted molar refractivity (Wildman–Crippen MR) is 121 cm³/mol. The Balaban J connectivity index is 1.59. The minimum absolute atomic E-state index is 0.112. The lowest BCUT2D eigenvalue weighted by atomic mass is 9.54. The normalized spacial score (nSPS) is 30.8. The summed E-state index contributed by atoms with van der Waals surface area (Å²) in [6.07, 6.45) is 0. The molecule has 3 aromatic carbocycles. The molecule has 1 heterocycles. The summed E-state index contributed by atoms with van der Waals surface area (Å²) in [6.45, 7) is 0.296. The summed E-state index contributed by atoms with van der Waals surface area (Å²) in [7, 11) is 0. The summed E-state index contributed by atoms with van der Waals surface area (Å²) in [4.78, 5) is 29.0. The van der Waals surface area contributed by atoms with Crippen LogP contribution in [0.3, 0.4) is 0 Å². The molecule has 0 radical (unpaired) electrons. The molecule has 0 saturated carbocycles. The van der Waals surface area contributed by atoms with Gasteiger partial charge in [0.2, 0.25) is 11.8 Å². The zero-order valence-corrected chi connectivity index (χ0v) is 19.1. The van der Waals surface area contributed by atoms with E-state index in [0.29, 0.717) is 6.54 Å². The number of amides is 2. The van der Waals surface area contributed by atoms with Gasteiger partial charge in [-0.15, -0.1) is 0 Å². The van der Waals surface area contributed by atoms with Gasteiger partial charge in [0.25, 0.3) is 0 Å². The first-order valence-electron chi connectivity index (χ1n) is 9.96. The molecular weight excluding hydrogens is 506 g/mol. The van der Waals surface area contributed by atoms with Crippen LogP contribution >= 0.6 is 31.9 Å². The third-order valence-corrected chi connectivity index (χ3v) is 9.56. The zero-order chi connectivity index (χ0) is 20.7. The van der Waals surface area contributed by atoms with E-state index in [-0.39, 0.29) is 11.8 Å². The monoisotopic (exact) mass is 521 g/mol.